The van der Waals surface area contributed by atoms with Gasteiger partial charge in [-0.15, -0.1) is 0 Å². The van der Waals surface area contributed by atoms with Crippen molar-refractivity contribution in [3.8, 4) is 0 Å². The molecule has 13 heavy (non-hydrogen) atoms. The topological polar surface area (TPSA) is 79.6 Å². The number of cyclic esters (lactones) is 2. The second-order valence-electron chi connectivity index (χ2n) is 2.52. The first-order valence-corrected chi connectivity index (χ1v) is 3.50. The van der Waals surface area contributed by atoms with Gasteiger partial charge in [-0.2, -0.15) is 5.11 Å². The third-order valence-corrected chi connectivity index (χ3v) is 1.76. The van der Waals surface area contributed by atoms with E-state index < -0.39 is 11.9 Å². The Morgan fingerprint density at radius 3 is 2.54 bits per heavy atom. The van der Waals surface area contributed by atoms with Crippen molar-refractivity contribution in [2.45, 2.75) is 0 Å². The molecule has 1 aliphatic heterocycles. The summed E-state index contributed by atoms with van der Waals surface area (Å²) in [5.41, 5.74) is 7.45. The molecule has 5 nitrogen and oxygen atoms in total. The van der Waals surface area contributed by atoms with Crippen LogP contribution in [0.15, 0.2) is 23.3 Å². The van der Waals surface area contributed by atoms with Gasteiger partial charge in [0, 0.05) is 0 Å². The number of nitrogens with one attached hydrogen (secondary N) is 1. The number of ether oxygens (including phenoxy) is 1. The van der Waals surface area contributed by atoms with Crippen molar-refractivity contribution in [1.82, 2.24) is 0 Å². The molecule has 0 atom stereocenters. The largest absolute Gasteiger partial charge is 0.386 e. The Morgan fingerprint density at radius 2 is 1.85 bits per heavy atom. The summed E-state index contributed by atoms with van der Waals surface area (Å²) in [7, 11) is 0. The molecule has 1 aliphatic rings. The van der Waals surface area contributed by atoms with Crippen LogP contribution in [0.25, 0.3) is 0 Å². The van der Waals surface area contributed by atoms with Crippen LogP contribution in [0.4, 0.5) is 5.69 Å². The Kier molecular flexibility index (Phi) is 1.45. The van der Waals surface area contributed by atoms with E-state index in [1.807, 2.05) is 0 Å². The van der Waals surface area contributed by atoms with Gasteiger partial charge in [-0.3, -0.25) is 0 Å². The zero-order valence-electron chi connectivity index (χ0n) is 6.40. The van der Waals surface area contributed by atoms with Gasteiger partial charge in [-0.1, -0.05) is 0 Å². The van der Waals surface area contributed by atoms with Crippen LogP contribution in [-0.2, 0) is 4.74 Å². The Balaban J connectivity index is 2.64. The Labute approximate surface area is 72.8 Å². The average molecular weight is 176 g/mol. The third-order valence-electron chi connectivity index (χ3n) is 1.76. The standard InChI is InChI=1S/C8H4N2O3/c9-10-4-1-2-5-6(3-4)8(12)13-7(5)11/h1-3,9H. The van der Waals surface area contributed by atoms with Gasteiger partial charge in [-0.05, 0) is 18.2 Å². The van der Waals surface area contributed by atoms with E-state index in [4.69, 9.17) is 5.53 Å². The number of carbonyl (C=O) groups is 2. The molecule has 0 bridgehead atoms. The Bertz CT molecular complexity index is 425. The number of rotatable bonds is 1. The average Bonchev–Trinajstić information content (AvgIpc) is 2.42. The lowest BCUT2D eigenvalue weighted by Gasteiger charge is -1.92. The highest BCUT2D eigenvalue weighted by molar-refractivity contribution is 6.15. The summed E-state index contributed by atoms with van der Waals surface area (Å²) in [6.45, 7) is 0. The number of fused-ring (bicyclic) bond motifs is 1. The Hall–Kier alpha value is -2.04. The monoisotopic (exact) mass is 176 g/mol. The molecule has 0 aromatic heterocycles. The fourth-order valence-corrected chi connectivity index (χ4v) is 1.14. The molecule has 0 radical (unpaired) electrons. The predicted octanol–water partition coefficient (Wildman–Crippen LogP) is 1.66. The molecule has 2 rings (SSSR count). The van der Waals surface area contributed by atoms with Gasteiger partial charge in [0.05, 0.1) is 16.8 Å². The lowest BCUT2D eigenvalue weighted by molar-refractivity contribution is 0.0444. The fraction of sp³-hybridized carbons (Fsp3) is 0. The molecular formula is C8H4N2O3. The molecule has 0 aliphatic carbocycles. The van der Waals surface area contributed by atoms with Crippen LogP contribution in [0, 0.1) is 5.53 Å². The number of benzene rings is 1. The molecule has 0 amide bonds. The van der Waals surface area contributed by atoms with E-state index in [-0.39, 0.29) is 11.1 Å². The summed E-state index contributed by atoms with van der Waals surface area (Å²) in [5, 5.41) is 3.14. The summed E-state index contributed by atoms with van der Waals surface area (Å²) in [4.78, 5) is 22.0. The number of hydrogen-bond acceptors (Lipinski definition) is 5. The van der Waals surface area contributed by atoms with Crippen LogP contribution >= 0.6 is 0 Å². The maximum Gasteiger partial charge on any atom is 0.346 e. The van der Waals surface area contributed by atoms with Gasteiger partial charge < -0.3 is 4.74 Å². The summed E-state index contributed by atoms with van der Waals surface area (Å²) < 4.78 is 4.35. The van der Waals surface area contributed by atoms with Gasteiger partial charge in [0.2, 0.25) is 0 Å². The third kappa shape index (κ3) is 1.01. The molecular weight excluding hydrogens is 172 g/mol. The van der Waals surface area contributed by atoms with Gasteiger partial charge in [0.25, 0.3) is 0 Å². The zero-order valence-corrected chi connectivity index (χ0v) is 6.40. The highest BCUT2D eigenvalue weighted by atomic mass is 16.6. The van der Waals surface area contributed by atoms with E-state index in [1.165, 1.54) is 18.2 Å². The van der Waals surface area contributed by atoms with Crippen molar-refractivity contribution in [2.75, 3.05) is 0 Å². The molecule has 0 unspecified atom stereocenters. The fourth-order valence-electron chi connectivity index (χ4n) is 1.14. The normalized spacial score (nSPS) is 13.8. The SMILES string of the molecule is N=Nc1ccc2c(c1)C(=O)OC2=O. The van der Waals surface area contributed by atoms with E-state index in [9.17, 15) is 9.59 Å². The minimum Gasteiger partial charge on any atom is -0.386 e. The van der Waals surface area contributed by atoms with Gasteiger partial charge in [0.1, 0.15) is 0 Å². The lowest BCUT2D eigenvalue weighted by atomic mass is 10.1. The molecule has 64 valence electrons. The van der Waals surface area contributed by atoms with Crippen LogP contribution < -0.4 is 0 Å². The maximum atomic E-state index is 11.0. The van der Waals surface area contributed by atoms with Crippen LogP contribution in [0.3, 0.4) is 0 Å². The molecule has 1 aromatic rings. The molecule has 1 heterocycles. The molecule has 0 fully saturated rings. The molecule has 5 heteroatoms. The van der Waals surface area contributed by atoms with E-state index in [1.54, 1.807) is 0 Å². The van der Waals surface area contributed by atoms with Crippen LogP contribution in [0.2, 0.25) is 0 Å². The van der Waals surface area contributed by atoms with Crippen LogP contribution in [-0.4, -0.2) is 11.9 Å². The maximum absolute atomic E-state index is 11.0. The van der Waals surface area contributed by atoms with E-state index >= 15 is 0 Å². The van der Waals surface area contributed by atoms with Crippen molar-refractivity contribution in [1.29, 1.82) is 5.53 Å². The lowest BCUT2D eigenvalue weighted by Crippen LogP contribution is -1.96. The minimum absolute atomic E-state index is 0.179. The summed E-state index contributed by atoms with van der Waals surface area (Å²) in [6.07, 6.45) is 0. The molecule has 1 aromatic carbocycles. The van der Waals surface area contributed by atoms with Crippen molar-refractivity contribution >= 4 is 17.6 Å². The zero-order chi connectivity index (χ0) is 9.42. The summed E-state index contributed by atoms with van der Waals surface area (Å²) >= 11 is 0. The Morgan fingerprint density at radius 1 is 1.15 bits per heavy atom. The smallest absolute Gasteiger partial charge is 0.346 e. The minimum atomic E-state index is -0.675. The van der Waals surface area contributed by atoms with Gasteiger partial charge in [-0.25, -0.2) is 15.1 Å². The number of nitrogens with zero attached hydrogens (tertiary/aromatic N) is 1. The van der Waals surface area contributed by atoms with E-state index in [0.717, 1.165) is 0 Å². The van der Waals surface area contributed by atoms with Crippen molar-refractivity contribution in [3.63, 3.8) is 0 Å². The second-order valence-corrected chi connectivity index (χ2v) is 2.52. The van der Waals surface area contributed by atoms with Crippen LogP contribution in [0.5, 0.6) is 0 Å². The summed E-state index contributed by atoms with van der Waals surface area (Å²) in [5.74, 6) is -1.32. The quantitative estimate of drug-likeness (QED) is 0.401. The number of carbonyl (C=O) groups excluding carboxylic acids is 2. The van der Waals surface area contributed by atoms with Gasteiger partial charge in [0.15, 0.2) is 0 Å². The van der Waals surface area contributed by atoms with Crippen molar-refractivity contribution < 1.29 is 14.3 Å². The van der Waals surface area contributed by atoms with Crippen LogP contribution in [0.1, 0.15) is 20.7 Å². The number of hydrogen-bond donors (Lipinski definition) is 1. The van der Waals surface area contributed by atoms with E-state index in [0.29, 0.717) is 5.69 Å². The van der Waals surface area contributed by atoms with Crippen molar-refractivity contribution in [2.24, 2.45) is 5.11 Å². The predicted molar refractivity (Wildman–Crippen MR) is 41.0 cm³/mol. The van der Waals surface area contributed by atoms with E-state index in [2.05, 4.69) is 9.85 Å². The first-order chi connectivity index (χ1) is 6.22. The van der Waals surface area contributed by atoms with Crippen molar-refractivity contribution in [3.05, 3.63) is 29.3 Å². The summed E-state index contributed by atoms with van der Waals surface area (Å²) in [6, 6.07) is 4.26. The second kappa shape index (κ2) is 2.48. The number of esters is 2. The highest BCUT2D eigenvalue weighted by Gasteiger charge is 2.29. The molecule has 0 saturated carbocycles. The highest BCUT2D eigenvalue weighted by Crippen LogP contribution is 2.24. The molecule has 1 N–H and O–H groups in total. The van der Waals surface area contributed by atoms with Gasteiger partial charge >= 0.3 is 11.9 Å². The molecule has 0 saturated heterocycles. The first-order valence-electron chi connectivity index (χ1n) is 3.50. The molecule has 0 spiro atoms. The first kappa shape index (κ1) is 7.60.